The molecule has 1 amide bonds. The number of carbonyl (C=O) groups excluding carboxylic acids is 2. The van der Waals surface area contributed by atoms with Gasteiger partial charge in [0.15, 0.2) is 0 Å². The fraction of sp³-hybridized carbons (Fsp3) is 0.333. The number of halogens is 1. The first-order valence-electron chi connectivity index (χ1n) is 11.1. The van der Waals surface area contributed by atoms with Crippen LogP contribution < -0.4 is 0 Å². The number of aliphatic hydroxyl groups is 2. The van der Waals surface area contributed by atoms with Gasteiger partial charge in [0.25, 0.3) is 11.7 Å². The SMILES string of the molecule is O=C1C(=O)N(CCCO)[C@H](c2cccc(Br)c2)C1=C(O)c1ccc(S(=O)(=O)N2CCOCC2)cc1. The zero-order valence-corrected chi connectivity index (χ0v) is 21.2. The van der Waals surface area contributed by atoms with E-state index in [9.17, 15) is 28.2 Å². The van der Waals surface area contributed by atoms with E-state index in [0.717, 1.165) is 4.47 Å². The first-order chi connectivity index (χ1) is 16.8. The summed E-state index contributed by atoms with van der Waals surface area (Å²) in [5.74, 6) is -2.00. The van der Waals surface area contributed by atoms with E-state index in [0.29, 0.717) is 18.8 Å². The number of amides is 1. The minimum absolute atomic E-state index is 0.0582. The van der Waals surface area contributed by atoms with Crippen LogP contribution in [0.15, 0.2) is 63.5 Å². The van der Waals surface area contributed by atoms with Gasteiger partial charge in [-0.1, -0.05) is 28.1 Å². The van der Waals surface area contributed by atoms with Crippen LogP contribution in [-0.4, -0.2) is 79.0 Å². The lowest BCUT2D eigenvalue weighted by Crippen LogP contribution is -2.40. The predicted octanol–water partition coefficient (Wildman–Crippen LogP) is 2.27. The van der Waals surface area contributed by atoms with Crippen molar-refractivity contribution in [3.8, 4) is 0 Å². The number of benzene rings is 2. The smallest absolute Gasteiger partial charge is 0.295 e. The number of hydrogen-bond acceptors (Lipinski definition) is 7. The topological polar surface area (TPSA) is 124 Å². The van der Waals surface area contributed by atoms with Gasteiger partial charge in [0, 0.05) is 36.3 Å². The van der Waals surface area contributed by atoms with Crippen LogP contribution in [0.2, 0.25) is 0 Å². The Balaban J connectivity index is 1.74. The summed E-state index contributed by atoms with van der Waals surface area (Å²) in [5, 5.41) is 20.4. The Labute approximate surface area is 211 Å². The second-order valence-electron chi connectivity index (χ2n) is 8.17. The molecule has 2 aromatic carbocycles. The first kappa shape index (κ1) is 25.5. The molecule has 2 heterocycles. The number of Topliss-reactive ketones (excluding diaryl/α,β-unsaturated/α-hetero) is 1. The molecule has 2 N–H and O–H groups in total. The zero-order valence-electron chi connectivity index (χ0n) is 18.8. The predicted molar refractivity (Wildman–Crippen MR) is 131 cm³/mol. The van der Waals surface area contributed by atoms with Crippen LogP contribution in [0.5, 0.6) is 0 Å². The summed E-state index contributed by atoms with van der Waals surface area (Å²) in [6, 6.07) is 11.8. The molecule has 35 heavy (non-hydrogen) atoms. The van der Waals surface area contributed by atoms with Crippen molar-refractivity contribution in [3.63, 3.8) is 0 Å². The summed E-state index contributed by atoms with van der Waals surface area (Å²) in [7, 11) is -3.72. The average Bonchev–Trinajstić information content (AvgIpc) is 3.12. The maximum atomic E-state index is 13.0. The van der Waals surface area contributed by atoms with Crippen molar-refractivity contribution in [2.24, 2.45) is 0 Å². The Morgan fingerprint density at radius 2 is 1.77 bits per heavy atom. The van der Waals surface area contributed by atoms with E-state index < -0.39 is 33.5 Å². The van der Waals surface area contributed by atoms with Crippen LogP contribution in [0.1, 0.15) is 23.6 Å². The third kappa shape index (κ3) is 5.05. The summed E-state index contributed by atoms with van der Waals surface area (Å²) in [6.45, 7) is 1.13. The second kappa shape index (κ2) is 10.6. The normalized spacial score (nSPS) is 21.0. The minimum atomic E-state index is -3.72. The highest BCUT2D eigenvalue weighted by molar-refractivity contribution is 9.10. The zero-order chi connectivity index (χ0) is 25.2. The average molecular weight is 565 g/mol. The molecule has 2 aliphatic heterocycles. The lowest BCUT2D eigenvalue weighted by molar-refractivity contribution is -0.140. The quantitative estimate of drug-likeness (QED) is 0.300. The largest absolute Gasteiger partial charge is 0.507 e. The third-order valence-corrected chi connectivity index (χ3v) is 8.40. The van der Waals surface area contributed by atoms with E-state index in [4.69, 9.17) is 4.74 Å². The van der Waals surface area contributed by atoms with Gasteiger partial charge >= 0.3 is 0 Å². The van der Waals surface area contributed by atoms with Gasteiger partial charge in [0.1, 0.15) is 5.76 Å². The Hall–Kier alpha value is -2.57. The number of aliphatic hydroxyl groups excluding tert-OH is 2. The molecule has 0 spiro atoms. The van der Waals surface area contributed by atoms with Crippen molar-refractivity contribution < 1.29 is 33.0 Å². The minimum Gasteiger partial charge on any atom is -0.507 e. The van der Waals surface area contributed by atoms with Crippen LogP contribution in [0.4, 0.5) is 0 Å². The summed E-state index contributed by atoms with van der Waals surface area (Å²) < 4.78 is 33.1. The fourth-order valence-electron chi connectivity index (χ4n) is 4.25. The number of morpholine rings is 1. The molecule has 0 bridgehead atoms. The standard InChI is InChI=1S/C24H25BrN2O7S/c25-18-4-1-3-17(15-18)21-20(23(30)24(31)27(21)9-2-12-28)22(29)16-5-7-19(8-6-16)35(32,33)26-10-13-34-14-11-26/h1,3-8,15,21,28-29H,2,9-14H2/t21-/m1/s1. The molecule has 0 saturated carbocycles. The summed E-state index contributed by atoms with van der Waals surface area (Å²) in [6.07, 6.45) is 0.270. The van der Waals surface area contributed by atoms with Crippen molar-refractivity contribution >= 4 is 43.4 Å². The maximum Gasteiger partial charge on any atom is 0.295 e. The molecule has 11 heteroatoms. The lowest BCUT2D eigenvalue weighted by atomic mass is 9.95. The molecule has 2 fully saturated rings. The Morgan fingerprint density at radius 3 is 2.40 bits per heavy atom. The Bertz CT molecular complexity index is 1250. The third-order valence-electron chi connectivity index (χ3n) is 6.00. The number of sulfonamides is 1. The lowest BCUT2D eigenvalue weighted by Gasteiger charge is -2.26. The van der Waals surface area contributed by atoms with Gasteiger partial charge in [-0.2, -0.15) is 4.31 Å². The second-order valence-corrected chi connectivity index (χ2v) is 11.0. The summed E-state index contributed by atoms with van der Waals surface area (Å²) >= 11 is 3.40. The van der Waals surface area contributed by atoms with Crippen LogP contribution in [0.3, 0.4) is 0 Å². The molecule has 9 nitrogen and oxygen atoms in total. The molecule has 0 unspecified atom stereocenters. The summed E-state index contributed by atoms with van der Waals surface area (Å²) in [4.78, 5) is 27.2. The van der Waals surface area contributed by atoms with Crippen LogP contribution in [0.25, 0.3) is 5.76 Å². The highest BCUT2D eigenvalue weighted by Crippen LogP contribution is 2.40. The molecule has 0 radical (unpaired) electrons. The van der Waals surface area contributed by atoms with Crippen molar-refractivity contribution in [2.75, 3.05) is 39.5 Å². The molecule has 1 atom stereocenters. The molecule has 2 saturated heterocycles. The van der Waals surface area contributed by atoms with E-state index >= 15 is 0 Å². The number of rotatable bonds is 7. The number of nitrogens with zero attached hydrogens (tertiary/aromatic N) is 2. The van der Waals surface area contributed by atoms with Gasteiger partial charge < -0.3 is 19.8 Å². The van der Waals surface area contributed by atoms with E-state index in [1.165, 1.54) is 33.5 Å². The Morgan fingerprint density at radius 1 is 1.09 bits per heavy atom. The number of carbonyl (C=O) groups is 2. The fourth-order valence-corrected chi connectivity index (χ4v) is 6.08. The van der Waals surface area contributed by atoms with Crippen molar-refractivity contribution in [3.05, 3.63) is 69.7 Å². The maximum absolute atomic E-state index is 13.0. The van der Waals surface area contributed by atoms with Gasteiger partial charge in [-0.25, -0.2) is 8.42 Å². The summed E-state index contributed by atoms with van der Waals surface area (Å²) in [5.41, 5.74) is 0.741. The van der Waals surface area contributed by atoms with Crippen molar-refractivity contribution in [1.82, 2.24) is 9.21 Å². The molecule has 2 aromatic rings. The van der Waals surface area contributed by atoms with E-state index in [1.54, 1.807) is 24.3 Å². The van der Waals surface area contributed by atoms with Gasteiger partial charge in [-0.05, 0) is 48.4 Å². The molecule has 2 aliphatic rings. The van der Waals surface area contributed by atoms with Crippen molar-refractivity contribution in [2.45, 2.75) is 17.4 Å². The van der Waals surface area contributed by atoms with Crippen LogP contribution in [-0.2, 0) is 24.3 Å². The van der Waals surface area contributed by atoms with Crippen LogP contribution >= 0.6 is 15.9 Å². The Kier molecular flexibility index (Phi) is 7.72. The first-order valence-corrected chi connectivity index (χ1v) is 13.3. The monoisotopic (exact) mass is 564 g/mol. The number of ether oxygens (including phenoxy) is 1. The van der Waals surface area contributed by atoms with Crippen molar-refractivity contribution in [1.29, 1.82) is 0 Å². The molecule has 186 valence electrons. The van der Waals surface area contributed by atoms with E-state index in [2.05, 4.69) is 15.9 Å². The van der Waals surface area contributed by atoms with Gasteiger partial charge in [-0.15, -0.1) is 0 Å². The highest BCUT2D eigenvalue weighted by Gasteiger charge is 2.45. The van der Waals surface area contributed by atoms with E-state index in [1.807, 2.05) is 0 Å². The molecular weight excluding hydrogens is 540 g/mol. The molecule has 4 rings (SSSR count). The molecular formula is C24H25BrN2O7S. The van der Waals surface area contributed by atoms with Gasteiger partial charge in [-0.3, -0.25) is 9.59 Å². The van der Waals surface area contributed by atoms with Gasteiger partial charge in [0.2, 0.25) is 10.0 Å². The number of ketones is 1. The number of hydrogen-bond donors (Lipinski definition) is 2. The van der Waals surface area contributed by atoms with Gasteiger partial charge in [0.05, 0.1) is 29.7 Å². The van der Waals surface area contributed by atoms with Crippen LogP contribution in [0, 0.1) is 0 Å². The number of likely N-dealkylation sites (tertiary alicyclic amines) is 1. The molecule has 0 aromatic heterocycles. The highest BCUT2D eigenvalue weighted by atomic mass is 79.9. The molecule has 0 aliphatic carbocycles. The van der Waals surface area contributed by atoms with E-state index in [-0.39, 0.29) is 48.7 Å².